The van der Waals surface area contributed by atoms with Gasteiger partial charge in [0.2, 0.25) is 0 Å². The van der Waals surface area contributed by atoms with Crippen molar-refractivity contribution in [3.05, 3.63) is 54.0 Å². The van der Waals surface area contributed by atoms with Crippen molar-refractivity contribution >= 4 is 11.9 Å². The van der Waals surface area contributed by atoms with Crippen LogP contribution in [0.25, 0.3) is 11.3 Å². The minimum absolute atomic E-state index is 0.0652. The number of carbonyl (C=O) groups excluding carboxylic acids is 1. The van der Waals surface area contributed by atoms with E-state index in [0.717, 1.165) is 25.7 Å². The van der Waals surface area contributed by atoms with Crippen molar-refractivity contribution in [3.8, 4) is 11.3 Å². The van der Waals surface area contributed by atoms with Gasteiger partial charge in [-0.15, -0.1) is 0 Å². The average molecular weight is 356 g/mol. The minimum atomic E-state index is -0.762. The molecule has 0 aliphatic heterocycles. The third kappa shape index (κ3) is 4.65. The van der Waals surface area contributed by atoms with Gasteiger partial charge in [0.1, 0.15) is 5.82 Å². The number of benzene rings is 1. The van der Waals surface area contributed by atoms with Crippen molar-refractivity contribution in [1.82, 2.24) is 10.3 Å². The Bertz CT molecular complexity index is 784. The van der Waals surface area contributed by atoms with E-state index in [1.54, 1.807) is 24.3 Å². The Morgan fingerprint density at radius 3 is 2.54 bits per heavy atom. The van der Waals surface area contributed by atoms with E-state index in [9.17, 15) is 14.0 Å². The van der Waals surface area contributed by atoms with Crippen molar-refractivity contribution in [2.75, 3.05) is 0 Å². The molecular weight excluding hydrogens is 335 g/mol. The summed E-state index contributed by atoms with van der Waals surface area (Å²) in [6.45, 7) is 0. The average Bonchev–Trinajstić information content (AvgIpc) is 2.63. The first-order valence-electron chi connectivity index (χ1n) is 8.76. The monoisotopic (exact) mass is 356 g/mol. The van der Waals surface area contributed by atoms with Gasteiger partial charge in [-0.25, -0.2) is 4.39 Å². The number of rotatable bonds is 5. The number of nitrogens with one attached hydrogen (secondary N) is 1. The Morgan fingerprint density at radius 1 is 1.15 bits per heavy atom. The molecular formula is C20H21FN2O3. The molecule has 0 unspecified atom stereocenters. The SMILES string of the molecule is O=C(O)CC1CCC(NC(=O)c2ccc(-c3cccc(F)c3)nc2)CC1. The van der Waals surface area contributed by atoms with Crippen molar-refractivity contribution in [3.63, 3.8) is 0 Å². The highest BCUT2D eigenvalue weighted by molar-refractivity contribution is 5.94. The lowest BCUT2D eigenvalue weighted by molar-refractivity contribution is -0.138. The van der Waals surface area contributed by atoms with Crippen LogP contribution in [0, 0.1) is 11.7 Å². The highest BCUT2D eigenvalue weighted by Gasteiger charge is 2.24. The van der Waals surface area contributed by atoms with Gasteiger partial charge in [-0.3, -0.25) is 14.6 Å². The molecule has 0 radical (unpaired) electrons. The molecule has 1 saturated carbocycles. The molecule has 1 aliphatic rings. The van der Waals surface area contributed by atoms with Gasteiger partial charge in [-0.05, 0) is 55.9 Å². The first-order valence-corrected chi connectivity index (χ1v) is 8.76. The van der Waals surface area contributed by atoms with Crippen LogP contribution in [-0.2, 0) is 4.79 Å². The van der Waals surface area contributed by atoms with Gasteiger partial charge in [-0.2, -0.15) is 0 Å². The fourth-order valence-corrected chi connectivity index (χ4v) is 3.37. The molecule has 1 heterocycles. The topological polar surface area (TPSA) is 79.3 Å². The van der Waals surface area contributed by atoms with Crippen molar-refractivity contribution in [2.45, 2.75) is 38.1 Å². The van der Waals surface area contributed by atoms with E-state index in [1.165, 1.54) is 18.3 Å². The molecule has 2 aromatic rings. The van der Waals surface area contributed by atoms with Gasteiger partial charge in [-0.1, -0.05) is 12.1 Å². The highest BCUT2D eigenvalue weighted by Crippen LogP contribution is 2.27. The van der Waals surface area contributed by atoms with E-state index in [0.29, 0.717) is 16.8 Å². The van der Waals surface area contributed by atoms with Crippen LogP contribution in [0.5, 0.6) is 0 Å². The molecule has 136 valence electrons. The minimum Gasteiger partial charge on any atom is -0.481 e. The molecule has 26 heavy (non-hydrogen) atoms. The van der Waals surface area contributed by atoms with Gasteiger partial charge in [0, 0.05) is 24.2 Å². The molecule has 2 N–H and O–H groups in total. The van der Waals surface area contributed by atoms with E-state index >= 15 is 0 Å². The van der Waals surface area contributed by atoms with E-state index in [-0.39, 0.29) is 30.1 Å². The number of pyridine rings is 1. The number of halogens is 1. The van der Waals surface area contributed by atoms with Crippen molar-refractivity contribution in [2.24, 2.45) is 5.92 Å². The molecule has 0 atom stereocenters. The molecule has 1 aliphatic carbocycles. The third-order valence-electron chi connectivity index (χ3n) is 4.79. The number of carboxylic acids is 1. The predicted molar refractivity (Wildman–Crippen MR) is 95.1 cm³/mol. The lowest BCUT2D eigenvalue weighted by atomic mass is 9.84. The van der Waals surface area contributed by atoms with Gasteiger partial charge in [0.05, 0.1) is 11.3 Å². The van der Waals surface area contributed by atoms with Gasteiger partial charge in [0.25, 0.3) is 5.91 Å². The molecule has 6 heteroatoms. The maximum absolute atomic E-state index is 13.3. The quantitative estimate of drug-likeness (QED) is 0.857. The van der Waals surface area contributed by atoms with Crippen LogP contribution in [0.2, 0.25) is 0 Å². The highest BCUT2D eigenvalue weighted by atomic mass is 19.1. The second-order valence-electron chi connectivity index (χ2n) is 6.73. The fraction of sp³-hybridized carbons (Fsp3) is 0.350. The number of aliphatic carboxylic acids is 1. The van der Waals surface area contributed by atoms with Crippen LogP contribution in [0.3, 0.4) is 0 Å². The summed E-state index contributed by atoms with van der Waals surface area (Å²) < 4.78 is 13.3. The standard InChI is InChI=1S/C20H21FN2O3/c21-16-3-1-2-14(11-16)18-9-6-15(12-22-18)20(26)23-17-7-4-13(5-8-17)10-19(24)25/h1-3,6,9,11-13,17H,4-5,7-8,10H2,(H,23,26)(H,24,25). The largest absolute Gasteiger partial charge is 0.481 e. The molecule has 0 spiro atoms. The molecule has 1 amide bonds. The van der Waals surface area contributed by atoms with E-state index in [4.69, 9.17) is 5.11 Å². The number of aromatic nitrogens is 1. The Hall–Kier alpha value is -2.76. The van der Waals surface area contributed by atoms with Crippen molar-refractivity contribution in [1.29, 1.82) is 0 Å². The van der Waals surface area contributed by atoms with Crippen LogP contribution < -0.4 is 5.32 Å². The Labute approximate surface area is 151 Å². The zero-order valence-corrected chi connectivity index (χ0v) is 14.3. The normalized spacial score (nSPS) is 19.7. The molecule has 1 fully saturated rings. The number of carboxylic acid groups (broad SMARTS) is 1. The first kappa shape index (κ1) is 18.0. The number of nitrogens with zero attached hydrogens (tertiary/aromatic N) is 1. The summed E-state index contributed by atoms with van der Waals surface area (Å²) in [7, 11) is 0. The van der Waals surface area contributed by atoms with Crippen LogP contribution in [-0.4, -0.2) is 28.0 Å². The second kappa shape index (κ2) is 8.08. The predicted octanol–water partition coefficient (Wildman–Crippen LogP) is 3.65. The fourth-order valence-electron chi connectivity index (χ4n) is 3.37. The molecule has 1 aromatic heterocycles. The molecule has 5 nitrogen and oxygen atoms in total. The van der Waals surface area contributed by atoms with Crippen LogP contribution in [0.4, 0.5) is 4.39 Å². The molecule has 0 bridgehead atoms. The molecule has 0 saturated heterocycles. The second-order valence-corrected chi connectivity index (χ2v) is 6.73. The number of carbonyl (C=O) groups is 2. The van der Waals surface area contributed by atoms with E-state index in [1.807, 2.05) is 0 Å². The summed E-state index contributed by atoms with van der Waals surface area (Å²) in [5, 5.41) is 11.8. The molecule has 3 rings (SSSR count). The maximum atomic E-state index is 13.3. The summed E-state index contributed by atoms with van der Waals surface area (Å²) in [4.78, 5) is 27.4. The van der Waals surface area contributed by atoms with Crippen molar-refractivity contribution < 1.29 is 19.1 Å². The zero-order chi connectivity index (χ0) is 18.5. The van der Waals surface area contributed by atoms with Crippen LogP contribution >= 0.6 is 0 Å². The number of amides is 1. The zero-order valence-electron chi connectivity index (χ0n) is 14.3. The van der Waals surface area contributed by atoms with Gasteiger partial charge in [0.15, 0.2) is 0 Å². The summed E-state index contributed by atoms with van der Waals surface area (Å²) in [5.74, 6) is -1.08. The summed E-state index contributed by atoms with van der Waals surface area (Å²) in [6.07, 6.45) is 4.90. The van der Waals surface area contributed by atoms with E-state index in [2.05, 4.69) is 10.3 Å². The smallest absolute Gasteiger partial charge is 0.303 e. The molecule has 1 aromatic carbocycles. The maximum Gasteiger partial charge on any atom is 0.303 e. The summed E-state index contributed by atoms with van der Waals surface area (Å²) >= 11 is 0. The van der Waals surface area contributed by atoms with Gasteiger partial charge >= 0.3 is 5.97 Å². The Kier molecular flexibility index (Phi) is 5.61. The van der Waals surface area contributed by atoms with E-state index < -0.39 is 5.97 Å². The lowest BCUT2D eigenvalue weighted by Gasteiger charge is -2.28. The summed E-state index contributed by atoms with van der Waals surface area (Å²) in [5.41, 5.74) is 1.72. The van der Waals surface area contributed by atoms with Gasteiger partial charge < -0.3 is 10.4 Å². The Balaban J connectivity index is 1.56. The summed E-state index contributed by atoms with van der Waals surface area (Å²) in [6, 6.07) is 9.60. The number of hydrogen-bond donors (Lipinski definition) is 2. The number of hydrogen-bond acceptors (Lipinski definition) is 3. The first-order chi connectivity index (χ1) is 12.5. The lowest BCUT2D eigenvalue weighted by Crippen LogP contribution is -2.37. The van der Waals surface area contributed by atoms with Crippen LogP contribution in [0.1, 0.15) is 42.5 Å². The third-order valence-corrected chi connectivity index (χ3v) is 4.79. The Morgan fingerprint density at radius 2 is 1.92 bits per heavy atom. The van der Waals surface area contributed by atoms with Crippen LogP contribution in [0.15, 0.2) is 42.6 Å².